The molecule has 150 valence electrons. The quantitative estimate of drug-likeness (QED) is 0.580. The SMILES string of the molecule is CC(C)(C)OC(=O)CC1/C=C/C(OC(=O)OC(C)(C)C)CC(O)C(O)C1. The largest absolute Gasteiger partial charge is 0.509 e. The number of allylic oxidation sites excluding steroid dienone is 1. The molecular weight excluding hydrogens is 340 g/mol. The van der Waals surface area contributed by atoms with Crippen LogP contribution in [0.15, 0.2) is 12.2 Å². The molecule has 0 saturated heterocycles. The molecule has 1 aliphatic rings. The van der Waals surface area contributed by atoms with Gasteiger partial charge in [0.1, 0.15) is 17.3 Å². The number of aliphatic hydroxyl groups excluding tert-OH is 2. The van der Waals surface area contributed by atoms with E-state index in [1.165, 1.54) is 0 Å². The van der Waals surface area contributed by atoms with Gasteiger partial charge in [0.05, 0.1) is 18.6 Å². The third kappa shape index (κ3) is 9.20. The van der Waals surface area contributed by atoms with Crippen molar-refractivity contribution in [3.05, 3.63) is 12.2 Å². The van der Waals surface area contributed by atoms with Crippen molar-refractivity contribution in [1.82, 2.24) is 0 Å². The molecular formula is C19H32O7. The smallest absolute Gasteiger partial charge is 0.460 e. The topological polar surface area (TPSA) is 102 Å². The van der Waals surface area contributed by atoms with Crippen LogP contribution in [-0.2, 0) is 19.0 Å². The second-order valence-corrected chi connectivity index (χ2v) is 8.66. The minimum absolute atomic E-state index is 0.0517. The summed E-state index contributed by atoms with van der Waals surface area (Å²) in [7, 11) is 0. The van der Waals surface area contributed by atoms with Crippen LogP contribution >= 0.6 is 0 Å². The van der Waals surface area contributed by atoms with Crippen molar-refractivity contribution in [3.8, 4) is 0 Å². The Kier molecular flexibility index (Phi) is 7.65. The highest BCUT2D eigenvalue weighted by molar-refractivity contribution is 5.70. The number of hydrogen-bond acceptors (Lipinski definition) is 7. The summed E-state index contributed by atoms with van der Waals surface area (Å²) >= 11 is 0. The van der Waals surface area contributed by atoms with Crippen molar-refractivity contribution in [2.45, 2.75) is 90.3 Å². The number of hydrogen-bond donors (Lipinski definition) is 2. The van der Waals surface area contributed by atoms with Gasteiger partial charge < -0.3 is 24.4 Å². The van der Waals surface area contributed by atoms with Gasteiger partial charge in [-0.2, -0.15) is 0 Å². The van der Waals surface area contributed by atoms with Gasteiger partial charge in [0.25, 0.3) is 0 Å². The Labute approximate surface area is 155 Å². The second kappa shape index (κ2) is 8.86. The van der Waals surface area contributed by atoms with Crippen LogP contribution in [0.1, 0.15) is 60.8 Å². The first-order valence-corrected chi connectivity index (χ1v) is 8.91. The molecule has 0 amide bonds. The monoisotopic (exact) mass is 372 g/mol. The summed E-state index contributed by atoms with van der Waals surface area (Å²) < 4.78 is 15.6. The third-order valence-corrected chi connectivity index (χ3v) is 3.55. The molecule has 7 heteroatoms. The van der Waals surface area contributed by atoms with Gasteiger partial charge in [-0.25, -0.2) is 4.79 Å². The molecule has 1 rings (SSSR count). The standard InChI is InChI=1S/C19H32O7/c1-18(2,3)25-16(22)10-12-7-8-13(11-15(21)14(20)9-12)24-17(23)26-19(4,5)6/h7-8,12-15,20-21H,9-11H2,1-6H3/b8-7+. The van der Waals surface area contributed by atoms with Gasteiger partial charge in [0.15, 0.2) is 0 Å². The van der Waals surface area contributed by atoms with Gasteiger partial charge in [-0.15, -0.1) is 0 Å². The lowest BCUT2D eigenvalue weighted by molar-refractivity contribution is -0.156. The number of rotatable bonds is 3. The maximum absolute atomic E-state index is 12.0. The van der Waals surface area contributed by atoms with Crippen LogP contribution < -0.4 is 0 Å². The number of ether oxygens (including phenoxy) is 3. The molecule has 0 spiro atoms. The van der Waals surface area contributed by atoms with Crippen LogP contribution in [0.2, 0.25) is 0 Å². The van der Waals surface area contributed by atoms with Crippen molar-refractivity contribution in [2.75, 3.05) is 0 Å². The average molecular weight is 372 g/mol. The molecule has 1 aliphatic carbocycles. The van der Waals surface area contributed by atoms with E-state index in [1.54, 1.807) is 53.7 Å². The van der Waals surface area contributed by atoms with Gasteiger partial charge in [-0.05, 0) is 60.0 Å². The Bertz CT molecular complexity index is 467. The lowest BCUT2D eigenvalue weighted by Gasteiger charge is -2.28. The Morgan fingerprint density at radius 1 is 0.923 bits per heavy atom. The second-order valence-electron chi connectivity index (χ2n) is 8.66. The molecule has 4 atom stereocenters. The first-order chi connectivity index (χ1) is 11.7. The van der Waals surface area contributed by atoms with Crippen molar-refractivity contribution >= 4 is 12.1 Å². The zero-order valence-corrected chi connectivity index (χ0v) is 16.5. The molecule has 2 N–H and O–H groups in total. The fraction of sp³-hybridized carbons (Fsp3) is 0.789. The van der Waals surface area contributed by atoms with Gasteiger partial charge in [0.2, 0.25) is 0 Å². The fourth-order valence-corrected chi connectivity index (χ4v) is 2.53. The zero-order valence-electron chi connectivity index (χ0n) is 16.5. The van der Waals surface area contributed by atoms with E-state index in [-0.39, 0.29) is 31.1 Å². The molecule has 0 aromatic rings. The van der Waals surface area contributed by atoms with E-state index in [4.69, 9.17) is 14.2 Å². The highest BCUT2D eigenvalue weighted by Crippen LogP contribution is 2.24. The van der Waals surface area contributed by atoms with Crippen molar-refractivity contribution in [2.24, 2.45) is 5.92 Å². The van der Waals surface area contributed by atoms with Crippen molar-refractivity contribution in [3.63, 3.8) is 0 Å². The van der Waals surface area contributed by atoms with Crippen LogP contribution in [0, 0.1) is 5.92 Å². The number of carbonyl (C=O) groups excluding carboxylic acids is 2. The Morgan fingerprint density at radius 2 is 1.46 bits per heavy atom. The summed E-state index contributed by atoms with van der Waals surface area (Å²) in [5.74, 6) is -0.724. The number of aliphatic hydroxyl groups is 2. The molecule has 0 aromatic carbocycles. The molecule has 0 bridgehead atoms. The maximum atomic E-state index is 12.0. The Morgan fingerprint density at radius 3 is 2.00 bits per heavy atom. The number of esters is 1. The maximum Gasteiger partial charge on any atom is 0.509 e. The third-order valence-electron chi connectivity index (χ3n) is 3.55. The van der Waals surface area contributed by atoms with Gasteiger partial charge in [-0.1, -0.05) is 6.08 Å². The lowest BCUT2D eigenvalue weighted by atomic mass is 9.89. The van der Waals surface area contributed by atoms with Gasteiger partial charge in [-0.3, -0.25) is 4.79 Å². The first-order valence-electron chi connectivity index (χ1n) is 8.91. The van der Waals surface area contributed by atoms with E-state index in [1.807, 2.05) is 0 Å². The van der Waals surface area contributed by atoms with Crippen LogP contribution in [0.3, 0.4) is 0 Å². The normalized spacial score (nSPS) is 28.5. The summed E-state index contributed by atoms with van der Waals surface area (Å²) in [5.41, 5.74) is -1.29. The van der Waals surface area contributed by atoms with Gasteiger partial charge >= 0.3 is 12.1 Å². The molecule has 0 radical (unpaired) electrons. The van der Waals surface area contributed by atoms with Gasteiger partial charge in [0, 0.05) is 6.42 Å². The molecule has 0 aliphatic heterocycles. The Hall–Kier alpha value is -1.60. The summed E-state index contributed by atoms with van der Waals surface area (Å²) in [4.78, 5) is 23.9. The van der Waals surface area contributed by atoms with E-state index < -0.39 is 35.7 Å². The highest BCUT2D eigenvalue weighted by Gasteiger charge is 2.30. The highest BCUT2D eigenvalue weighted by atomic mass is 16.7. The van der Waals surface area contributed by atoms with Crippen LogP contribution in [0.4, 0.5) is 4.79 Å². The zero-order chi connectivity index (χ0) is 20.1. The molecule has 4 unspecified atom stereocenters. The molecule has 26 heavy (non-hydrogen) atoms. The van der Waals surface area contributed by atoms with Crippen LogP contribution in [-0.4, -0.2) is 51.9 Å². The van der Waals surface area contributed by atoms with E-state index >= 15 is 0 Å². The van der Waals surface area contributed by atoms with Crippen LogP contribution in [0.5, 0.6) is 0 Å². The molecule has 0 saturated carbocycles. The van der Waals surface area contributed by atoms with Crippen LogP contribution in [0.25, 0.3) is 0 Å². The minimum Gasteiger partial charge on any atom is -0.460 e. The molecule has 0 aromatic heterocycles. The summed E-state index contributed by atoms with van der Waals surface area (Å²) in [6.07, 6.45) is -0.0370. The van der Waals surface area contributed by atoms with Crippen molar-refractivity contribution < 1.29 is 34.0 Å². The molecule has 0 fully saturated rings. The predicted octanol–water partition coefficient (Wildman–Crippen LogP) is 2.73. The number of carbonyl (C=O) groups is 2. The lowest BCUT2D eigenvalue weighted by Crippen LogP contribution is -2.36. The van der Waals surface area contributed by atoms with E-state index in [9.17, 15) is 19.8 Å². The summed E-state index contributed by atoms with van der Waals surface area (Å²) in [5, 5.41) is 20.2. The molecule has 7 nitrogen and oxygen atoms in total. The first kappa shape index (κ1) is 22.4. The van der Waals surface area contributed by atoms with Crippen molar-refractivity contribution in [1.29, 1.82) is 0 Å². The van der Waals surface area contributed by atoms with E-state index in [2.05, 4.69) is 0 Å². The fourth-order valence-electron chi connectivity index (χ4n) is 2.53. The average Bonchev–Trinajstić information content (AvgIpc) is 2.38. The summed E-state index contributed by atoms with van der Waals surface area (Å²) in [6.45, 7) is 10.5. The predicted molar refractivity (Wildman–Crippen MR) is 95.4 cm³/mol. The summed E-state index contributed by atoms with van der Waals surface area (Å²) in [6, 6.07) is 0. The Balaban J connectivity index is 2.77. The molecule has 0 heterocycles. The van der Waals surface area contributed by atoms with E-state index in [0.29, 0.717) is 0 Å². The van der Waals surface area contributed by atoms with E-state index in [0.717, 1.165) is 0 Å². The minimum atomic E-state index is -1.08.